The Morgan fingerprint density at radius 2 is 1.56 bits per heavy atom. The van der Waals surface area contributed by atoms with Crippen LogP contribution in [0.25, 0.3) is 11.3 Å². The maximum absolute atomic E-state index is 13.8. The van der Waals surface area contributed by atoms with Crippen molar-refractivity contribution < 1.29 is 22.3 Å². The summed E-state index contributed by atoms with van der Waals surface area (Å²) in [5, 5.41) is 10.0. The molecule has 0 unspecified atom stereocenters. The average Bonchev–Trinajstić information content (AvgIpc) is 2.87. The zero-order chi connectivity index (χ0) is 25.7. The van der Waals surface area contributed by atoms with Gasteiger partial charge in [0.1, 0.15) is 29.3 Å². The summed E-state index contributed by atoms with van der Waals surface area (Å²) in [7, 11) is 0. The maximum Gasteiger partial charge on any atom is 0.417 e. The lowest BCUT2D eigenvalue weighted by atomic mass is 10.1. The fraction of sp³-hybridized carbons (Fsp3) is 0.111. The summed E-state index contributed by atoms with van der Waals surface area (Å²) in [6.07, 6.45) is -4.73. The highest BCUT2D eigenvalue weighted by Gasteiger charge is 2.36. The third-order valence-electron chi connectivity index (χ3n) is 5.16. The summed E-state index contributed by atoms with van der Waals surface area (Å²) in [5.74, 6) is 0.461. The van der Waals surface area contributed by atoms with E-state index in [0.29, 0.717) is 22.1 Å². The third kappa shape index (κ3) is 6.36. The Morgan fingerprint density at radius 3 is 2.17 bits per heavy atom. The van der Waals surface area contributed by atoms with Crippen molar-refractivity contribution in [3.63, 3.8) is 0 Å². The first-order valence-electron chi connectivity index (χ1n) is 10.6. The van der Waals surface area contributed by atoms with Gasteiger partial charge in [0.25, 0.3) is 0 Å². The molecule has 0 saturated carbocycles. The Hall–Kier alpha value is -3.54. The molecule has 0 saturated heterocycles. The Labute approximate surface area is 214 Å². The molecule has 182 valence electrons. The minimum absolute atomic E-state index is 0.00564. The number of hydrogen-bond donors (Lipinski definition) is 0. The molecular formula is C27H17ClF4N2OS. The Morgan fingerprint density at radius 1 is 0.917 bits per heavy atom. The number of nitriles is 1. The van der Waals surface area contributed by atoms with Gasteiger partial charge >= 0.3 is 6.18 Å². The number of pyridine rings is 1. The van der Waals surface area contributed by atoms with Gasteiger partial charge in [-0.25, -0.2) is 9.37 Å². The van der Waals surface area contributed by atoms with E-state index in [2.05, 4.69) is 4.98 Å². The Bertz CT molecular complexity index is 1380. The average molecular weight is 529 g/mol. The van der Waals surface area contributed by atoms with Gasteiger partial charge in [-0.2, -0.15) is 18.4 Å². The van der Waals surface area contributed by atoms with Crippen LogP contribution in [0.3, 0.4) is 0 Å². The highest BCUT2D eigenvalue weighted by Crippen LogP contribution is 2.39. The highest BCUT2D eigenvalue weighted by atomic mass is 35.5. The van der Waals surface area contributed by atoms with Crippen LogP contribution in [0, 0.1) is 17.1 Å². The molecule has 0 radical (unpaired) electrons. The molecule has 0 aliphatic rings. The lowest BCUT2D eigenvalue weighted by molar-refractivity contribution is -0.138. The van der Waals surface area contributed by atoms with Gasteiger partial charge in [-0.3, -0.25) is 0 Å². The smallest absolute Gasteiger partial charge is 0.417 e. The molecule has 0 amide bonds. The first kappa shape index (κ1) is 25.5. The normalized spacial score (nSPS) is 11.2. The van der Waals surface area contributed by atoms with Crippen molar-refractivity contribution in [1.29, 1.82) is 5.26 Å². The molecule has 1 aromatic heterocycles. The second kappa shape index (κ2) is 11.0. The van der Waals surface area contributed by atoms with Crippen LogP contribution < -0.4 is 4.74 Å². The number of aromatic nitrogens is 1. The fourth-order valence-electron chi connectivity index (χ4n) is 3.31. The first-order chi connectivity index (χ1) is 17.2. The van der Waals surface area contributed by atoms with E-state index >= 15 is 0 Å². The first-order valence-corrected chi connectivity index (χ1v) is 12.0. The standard InChI is InChI=1S/C27H17ClF4N2OS/c28-20-7-1-18(2-8-20)16-36-26-23(14-33)24(27(30,31)32)13-25(34-26)19-5-11-22(12-6-19)35-15-17-3-9-21(29)10-4-17/h1-13H,15-16H2. The third-order valence-corrected chi connectivity index (χ3v) is 6.46. The molecule has 4 rings (SSSR count). The lowest BCUT2D eigenvalue weighted by Gasteiger charge is -2.15. The van der Waals surface area contributed by atoms with Gasteiger partial charge in [0, 0.05) is 16.3 Å². The van der Waals surface area contributed by atoms with Crippen molar-refractivity contribution >= 4 is 23.4 Å². The van der Waals surface area contributed by atoms with E-state index in [1.165, 1.54) is 12.1 Å². The number of thioether (sulfide) groups is 1. The molecular weight excluding hydrogens is 512 g/mol. The van der Waals surface area contributed by atoms with Crippen LogP contribution in [0.2, 0.25) is 5.02 Å². The van der Waals surface area contributed by atoms with Crippen LogP contribution in [-0.2, 0) is 18.5 Å². The summed E-state index contributed by atoms with van der Waals surface area (Å²) in [6.45, 7) is 0.207. The van der Waals surface area contributed by atoms with E-state index < -0.39 is 17.3 Å². The molecule has 0 fully saturated rings. The predicted octanol–water partition coefficient (Wildman–Crippen LogP) is 8.30. The van der Waals surface area contributed by atoms with Gasteiger partial charge in [-0.15, -0.1) is 11.8 Å². The molecule has 0 atom stereocenters. The van der Waals surface area contributed by atoms with Gasteiger partial charge in [0.2, 0.25) is 0 Å². The zero-order valence-corrected chi connectivity index (χ0v) is 20.1. The molecule has 3 nitrogen and oxygen atoms in total. The summed E-state index contributed by atoms with van der Waals surface area (Å²) in [4.78, 5) is 4.39. The zero-order valence-electron chi connectivity index (χ0n) is 18.5. The summed E-state index contributed by atoms with van der Waals surface area (Å²) < 4.78 is 60.2. The van der Waals surface area contributed by atoms with E-state index in [0.717, 1.165) is 29.0 Å². The minimum atomic E-state index is -4.73. The number of benzene rings is 3. The van der Waals surface area contributed by atoms with Crippen molar-refractivity contribution in [2.24, 2.45) is 0 Å². The largest absolute Gasteiger partial charge is 0.489 e. The van der Waals surface area contributed by atoms with E-state index in [1.54, 1.807) is 66.7 Å². The SMILES string of the molecule is N#Cc1c(C(F)(F)F)cc(-c2ccc(OCc3ccc(F)cc3)cc2)nc1SCc1ccc(Cl)cc1. The lowest BCUT2D eigenvalue weighted by Crippen LogP contribution is -2.10. The number of halogens is 5. The van der Waals surface area contributed by atoms with Crippen molar-refractivity contribution in [1.82, 2.24) is 4.98 Å². The Balaban J connectivity index is 1.60. The van der Waals surface area contributed by atoms with Crippen molar-refractivity contribution in [2.75, 3.05) is 0 Å². The van der Waals surface area contributed by atoms with E-state index in [9.17, 15) is 22.8 Å². The Kier molecular flexibility index (Phi) is 7.82. The molecule has 3 aromatic carbocycles. The van der Waals surface area contributed by atoms with E-state index in [4.69, 9.17) is 16.3 Å². The van der Waals surface area contributed by atoms with E-state index in [-0.39, 0.29) is 23.1 Å². The minimum Gasteiger partial charge on any atom is -0.489 e. The fourth-order valence-corrected chi connectivity index (χ4v) is 4.39. The van der Waals surface area contributed by atoms with E-state index in [1.807, 2.05) is 0 Å². The highest BCUT2D eigenvalue weighted by molar-refractivity contribution is 7.98. The van der Waals surface area contributed by atoms with Crippen LogP contribution in [0.5, 0.6) is 5.75 Å². The second-order valence-corrected chi connectivity index (χ2v) is 9.10. The molecule has 9 heteroatoms. The van der Waals surface area contributed by atoms with Crippen molar-refractivity contribution in [3.05, 3.63) is 112 Å². The van der Waals surface area contributed by atoms with Gasteiger partial charge in [0.15, 0.2) is 0 Å². The summed E-state index contributed by atoms with van der Waals surface area (Å²) in [5.41, 5.74) is 0.579. The number of nitrogens with zero attached hydrogens (tertiary/aromatic N) is 2. The molecule has 0 aliphatic carbocycles. The second-order valence-electron chi connectivity index (χ2n) is 7.70. The number of ether oxygens (including phenoxy) is 1. The molecule has 0 aliphatic heterocycles. The van der Waals surface area contributed by atoms with Gasteiger partial charge in [-0.1, -0.05) is 35.9 Å². The quantitative estimate of drug-likeness (QED) is 0.179. The topological polar surface area (TPSA) is 45.9 Å². The number of alkyl halides is 3. The molecule has 36 heavy (non-hydrogen) atoms. The van der Waals surface area contributed by atoms with Gasteiger partial charge < -0.3 is 4.74 Å². The molecule has 4 aromatic rings. The predicted molar refractivity (Wildman–Crippen MR) is 131 cm³/mol. The van der Waals surface area contributed by atoms with Crippen molar-refractivity contribution in [3.8, 4) is 23.1 Å². The van der Waals surface area contributed by atoms with Gasteiger partial charge in [0.05, 0.1) is 16.8 Å². The molecule has 1 heterocycles. The van der Waals surface area contributed by atoms with Crippen LogP contribution in [-0.4, -0.2) is 4.98 Å². The van der Waals surface area contributed by atoms with Crippen LogP contribution in [0.4, 0.5) is 17.6 Å². The van der Waals surface area contributed by atoms with Crippen LogP contribution in [0.1, 0.15) is 22.3 Å². The van der Waals surface area contributed by atoms with Gasteiger partial charge in [-0.05, 0) is 65.7 Å². The molecule has 0 N–H and O–H groups in total. The summed E-state index contributed by atoms with van der Waals surface area (Å²) in [6, 6.07) is 21.8. The van der Waals surface area contributed by atoms with Crippen LogP contribution >= 0.6 is 23.4 Å². The molecule has 0 spiro atoms. The maximum atomic E-state index is 13.8. The molecule has 0 bridgehead atoms. The van der Waals surface area contributed by atoms with Crippen molar-refractivity contribution in [2.45, 2.75) is 23.6 Å². The number of hydrogen-bond acceptors (Lipinski definition) is 4. The number of rotatable bonds is 7. The monoisotopic (exact) mass is 528 g/mol. The summed E-state index contributed by atoms with van der Waals surface area (Å²) >= 11 is 6.95. The van der Waals surface area contributed by atoms with Crippen LogP contribution in [0.15, 0.2) is 83.9 Å².